The maximum atomic E-state index is 12.3. The third-order valence-electron chi connectivity index (χ3n) is 4.53. The lowest BCUT2D eigenvalue weighted by atomic mass is 9.94. The summed E-state index contributed by atoms with van der Waals surface area (Å²) >= 11 is 0. The molecule has 0 aromatic heterocycles. The Morgan fingerprint density at radius 2 is 1.95 bits per heavy atom. The van der Waals surface area contributed by atoms with Gasteiger partial charge in [0.15, 0.2) is 0 Å². The number of amides is 1. The lowest BCUT2D eigenvalue weighted by Crippen LogP contribution is -2.51. The van der Waals surface area contributed by atoms with Crippen LogP contribution in [0.5, 0.6) is 5.75 Å². The van der Waals surface area contributed by atoms with Crippen molar-refractivity contribution < 1.29 is 9.53 Å². The number of nitrogens with one attached hydrogen (secondary N) is 1. The molecule has 1 aromatic carbocycles. The van der Waals surface area contributed by atoms with Crippen LogP contribution < -0.4 is 15.8 Å². The van der Waals surface area contributed by atoms with Crippen LogP contribution in [0.1, 0.15) is 50.5 Å². The molecule has 0 heterocycles. The van der Waals surface area contributed by atoms with Crippen molar-refractivity contribution in [2.24, 2.45) is 5.73 Å². The van der Waals surface area contributed by atoms with Crippen molar-refractivity contribution in [3.63, 3.8) is 0 Å². The van der Waals surface area contributed by atoms with Gasteiger partial charge in [0.05, 0.1) is 12.6 Å². The topological polar surface area (TPSA) is 64.3 Å². The summed E-state index contributed by atoms with van der Waals surface area (Å²) in [5.41, 5.74) is 6.86. The van der Waals surface area contributed by atoms with Crippen molar-refractivity contribution in [3.05, 3.63) is 29.8 Å². The Bertz CT molecular complexity index is 464. The zero-order valence-electron chi connectivity index (χ0n) is 13.0. The number of ether oxygens (including phenoxy) is 1. The summed E-state index contributed by atoms with van der Waals surface area (Å²) in [6, 6.07) is 7.90. The van der Waals surface area contributed by atoms with Gasteiger partial charge in [0.2, 0.25) is 5.91 Å². The smallest absolute Gasteiger partial charge is 0.221 e. The number of carbonyl (C=O) groups is 1. The molecule has 1 aliphatic carbocycles. The molecule has 1 saturated carbocycles. The lowest BCUT2D eigenvalue weighted by Gasteiger charge is -2.29. The van der Waals surface area contributed by atoms with Crippen LogP contribution in [0.15, 0.2) is 24.3 Å². The van der Waals surface area contributed by atoms with E-state index in [9.17, 15) is 4.79 Å². The highest BCUT2D eigenvalue weighted by molar-refractivity contribution is 5.77. The van der Waals surface area contributed by atoms with Gasteiger partial charge in [0.1, 0.15) is 5.75 Å². The van der Waals surface area contributed by atoms with Gasteiger partial charge in [-0.2, -0.15) is 0 Å². The maximum absolute atomic E-state index is 12.3. The number of carbonyl (C=O) groups excluding carboxylic acids is 1. The monoisotopic (exact) mass is 290 g/mol. The van der Waals surface area contributed by atoms with Crippen molar-refractivity contribution in [1.82, 2.24) is 5.32 Å². The molecule has 4 nitrogen and oxygen atoms in total. The standard InChI is InChI=1S/C17H26N2O2/c1-13(14-5-7-15(21-2)8-6-14)11-16(20)19-17(12-18)9-3-4-10-17/h5-8,13H,3-4,9-12,18H2,1-2H3,(H,19,20). The second kappa shape index (κ2) is 6.94. The molecule has 3 N–H and O–H groups in total. The molecule has 21 heavy (non-hydrogen) atoms. The van der Waals surface area contributed by atoms with Crippen LogP contribution in [-0.2, 0) is 4.79 Å². The molecule has 1 unspecified atom stereocenters. The molecule has 1 aromatic rings. The first kappa shape index (κ1) is 15.8. The zero-order chi connectivity index (χ0) is 15.3. The van der Waals surface area contributed by atoms with Crippen molar-refractivity contribution >= 4 is 5.91 Å². The fraction of sp³-hybridized carbons (Fsp3) is 0.588. The van der Waals surface area contributed by atoms with E-state index in [4.69, 9.17) is 10.5 Å². The summed E-state index contributed by atoms with van der Waals surface area (Å²) < 4.78 is 5.15. The second-order valence-electron chi connectivity index (χ2n) is 6.12. The SMILES string of the molecule is COc1ccc(C(C)CC(=O)NC2(CN)CCCC2)cc1. The normalized spacial score (nSPS) is 18.2. The number of hydrogen-bond donors (Lipinski definition) is 2. The predicted molar refractivity (Wildman–Crippen MR) is 84.4 cm³/mol. The molecule has 1 aliphatic rings. The van der Waals surface area contributed by atoms with Crippen LogP contribution in [-0.4, -0.2) is 25.1 Å². The number of methoxy groups -OCH3 is 1. The van der Waals surface area contributed by atoms with E-state index in [2.05, 4.69) is 12.2 Å². The second-order valence-corrected chi connectivity index (χ2v) is 6.12. The van der Waals surface area contributed by atoms with Gasteiger partial charge in [0, 0.05) is 13.0 Å². The van der Waals surface area contributed by atoms with E-state index in [1.807, 2.05) is 24.3 Å². The quantitative estimate of drug-likeness (QED) is 0.846. The average molecular weight is 290 g/mol. The highest BCUT2D eigenvalue weighted by Gasteiger charge is 2.33. The number of hydrogen-bond acceptors (Lipinski definition) is 3. The van der Waals surface area contributed by atoms with E-state index in [0.717, 1.165) is 37.0 Å². The van der Waals surface area contributed by atoms with Gasteiger partial charge in [-0.05, 0) is 36.5 Å². The average Bonchev–Trinajstić information content (AvgIpc) is 2.96. The largest absolute Gasteiger partial charge is 0.497 e. The minimum Gasteiger partial charge on any atom is -0.497 e. The summed E-state index contributed by atoms with van der Waals surface area (Å²) in [5.74, 6) is 1.13. The zero-order valence-corrected chi connectivity index (χ0v) is 13.0. The van der Waals surface area contributed by atoms with Crippen molar-refractivity contribution in [3.8, 4) is 5.75 Å². The number of benzene rings is 1. The van der Waals surface area contributed by atoms with Gasteiger partial charge in [-0.25, -0.2) is 0 Å². The van der Waals surface area contributed by atoms with Crippen molar-refractivity contribution in [2.45, 2.75) is 50.5 Å². The van der Waals surface area contributed by atoms with Crippen LogP contribution in [0, 0.1) is 0 Å². The van der Waals surface area contributed by atoms with E-state index in [-0.39, 0.29) is 17.4 Å². The van der Waals surface area contributed by atoms with E-state index >= 15 is 0 Å². The Hall–Kier alpha value is -1.55. The van der Waals surface area contributed by atoms with Gasteiger partial charge in [-0.15, -0.1) is 0 Å². The molecule has 116 valence electrons. The van der Waals surface area contributed by atoms with E-state index in [1.54, 1.807) is 7.11 Å². The molecule has 0 bridgehead atoms. The minimum absolute atomic E-state index is 0.102. The van der Waals surface area contributed by atoms with Crippen molar-refractivity contribution in [1.29, 1.82) is 0 Å². The van der Waals surface area contributed by atoms with Gasteiger partial charge >= 0.3 is 0 Å². The fourth-order valence-corrected chi connectivity index (χ4v) is 3.11. The summed E-state index contributed by atoms with van der Waals surface area (Å²) in [6.07, 6.45) is 4.82. The van der Waals surface area contributed by atoms with E-state index < -0.39 is 0 Å². The molecule has 0 spiro atoms. The van der Waals surface area contributed by atoms with Crippen molar-refractivity contribution in [2.75, 3.05) is 13.7 Å². The molecule has 0 radical (unpaired) electrons. The van der Waals surface area contributed by atoms with Crippen LogP contribution in [0.25, 0.3) is 0 Å². The predicted octanol–water partition coefficient (Wildman–Crippen LogP) is 2.58. The third-order valence-corrected chi connectivity index (χ3v) is 4.53. The number of rotatable bonds is 6. The molecular weight excluding hydrogens is 264 g/mol. The molecule has 2 rings (SSSR count). The Balaban J connectivity index is 1.91. The van der Waals surface area contributed by atoms with Gasteiger partial charge in [-0.3, -0.25) is 4.79 Å². The first-order valence-corrected chi connectivity index (χ1v) is 7.73. The molecule has 1 fully saturated rings. The fourth-order valence-electron chi connectivity index (χ4n) is 3.11. The molecule has 1 atom stereocenters. The summed E-state index contributed by atoms with van der Waals surface area (Å²) in [7, 11) is 1.65. The highest BCUT2D eigenvalue weighted by atomic mass is 16.5. The van der Waals surface area contributed by atoms with Gasteiger partial charge < -0.3 is 15.8 Å². The van der Waals surface area contributed by atoms with Crippen LogP contribution in [0.4, 0.5) is 0 Å². The Morgan fingerprint density at radius 1 is 1.33 bits per heavy atom. The highest BCUT2D eigenvalue weighted by Crippen LogP contribution is 2.29. The van der Waals surface area contributed by atoms with Gasteiger partial charge in [-0.1, -0.05) is 31.9 Å². The lowest BCUT2D eigenvalue weighted by molar-refractivity contribution is -0.123. The Kier molecular flexibility index (Phi) is 5.23. The minimum atomic E-state index is -0.156. The molecule has 1 amide bonds. The maximum Gasteiger partial charge on any atom is 0.221 e. The molecule has 0 saturated heterocycles. The van der Waals surface area contributed by atoms with Gasteiger partial charge in [0.25, 0.3) is 0 Å². The van der Waals surface area contributed by atoms with Crippen LogP contribution in [0.3, 0.4) is 0 Å². The first-order valence-electron chi connectivity index (χ1n) is 7.73. The third kappa shape index (κ3) is 3.97. The Morgan fingerprint density at radius 3 is 2.48 bits per heavy atom. The first-order chi connectivity index (χ1) is 10.1. The summed E-state index contributed by atoms with van der Waals surface area (Å²) in [5, 5.41) is 3.18. The summed E-state index contributed by atoms with van der Waals surface area (Å²) in [4.78, 5) is 12.3. The van der Waals surface area contributed by atoms with Crippen LogP contribution in [0.2, 0.25) is 0 Å². The number of nitrogens with two attached hydrogens (primary N) is 1. The molecule has 0 aliphatic heterocycles. The Labute approximate surface area is 127 Å². The van der Waals surface area contributed by atoms with E-state index in [1.165, 1.54) is 0 Å². The molecular formula is C17H26N2O2. The molecule has 4 heteroatoms. The van der Waals surface area contributed by atoms with Crippen LogP contribution >= 0.6 is 0 Å². The summed E-state index contributed by atoms with van der Waals surface area (Å²) in [6.45, 7) is 2.61. The van der Waals surface area contributed by atoms with E-state index in [0.29, 0.717) is 13.0 Å².